The highest BCUT2D eigenvalue weighted by atomic mass is 16.2. The molecule has 0 fully saturated rings. The summed E-state index contributed by atoms with van der Waals surface area (Å²) >= 11 is 0. The molecule has 14 heavy (non-hydrogen) atoms. The third kappa shape index (κ3) is 1.23. The zero-order valence-corrected chi connectivity index (χ0v) is 7.97. The van der Waals surface area contributed by atoms with Gasteiger partial charge in [-0.1, -0.05) is 0 Å². The van der Waals surface area contributed by atoms with Crippen molar-refractivity contribution in [3.8, 4) is 0 Å². The molecule has 1 N–H and O–H groups in total. The number of fused-ring (bicyclic) bond motifs is 1. The fourth-order valence-electron chi connectivity index (χ4n) is 1.81. The van der Waals surface area contributed by atoms with Crippen molar-refractivity contribution in [2.45, 2.75) is 25.8 Å². The van der Waals surface area contributed by atoms with Crippen molar-refractivity contribution in [2.75, 3.05) is 0 Å². The summed E-state index contributed by atoms with van der Waals surface area (Å²) in [6.07, 6.45) is 4.17. The predicted octanol–water partition coefficient (Wildman–Crippen LogP) is 1.50. The Kier molecular flexibility index (Phi) is 2.11. The van der Waals surface area contributed by atoms with E-state index in [1.807, 2.05) is 6.92 Å². The molecule has 1 aromatic heterocycles. The zero-order valence-electron chi connectivity index (χ0n) is 7.97. The van der Waals surface area contributed by atoms with Gasteiger partial charge in [0, 0.05) is 23.9 Å². The molecule has 0 amide bonds. The summed E-state index contributed by atoms with van der Waals surface area (Å²) in [6.45, 7) is 1.99. The summed E-state index contributed by atoms with van der Waals surface area (Å²) in [5.41, 5.74) is 0.683. The van der Waals surface area contributed by atoms with Gasteiger partial charge in [-0.25, -0.2) is 4.98 Å². The first-order chi connectivity index (χ1) is 6.74. The van der Waals surface area contributed by atoms with Crippen LogP contribution in [0, 0.1) is 0 Å². The van der Waals surface area contributed by atoms with Gasteiger partial charge >= 0.3 is 0 Å². The van der Waals surface area contributed by atoms with Crippen molar-refractivity contribution in [3.63, 3.8) is 0 Å². The maximum absolute atomic E-state index is 11.5. The number of nitrogens with zero attached hydrogens (tertiary/aromatic N) is 2. The lowest BCUT2D eigenvalue weighted by molar-refractivity contribution is 0.442. The molecular weight excluding hydrogens is 180 g/mol. The second-order valence-corrected chi connectivity index (χ2v) is 3.52. The largest absolute Gasteiger partial charge is 0.515 e. The minimum Gasteiger partial charge on any atom is -0.515 e. The summed E-state index contributed by atoms with van der Waals surface area (Å²) in [4.78, 5) is 15.7. The van der Waals surface area contributed by atoms with Gasteiger partial charge in [-0.05, 0) is 19.8 Å². The molecule has 4 heteroatoms. The van der Waals surface area contributed by atoms with E-state index < -0.39 is 0 Å². The highest BCUT2D eigenvalue weighted by Crippen LogP contribution is 2.28. The Bertz CT molecular complexity index is 434. The molecule has 2 heterocycles. The lowest BCUT2D eigenvalue weighted by atomic mass is 10.0. The number of allylic oxidation sites excluding steroid dienone is 1. The van der Waals surface area contributed by atoms with Gasteiger partial charge in [-0.3, -0.25) is 9.36 Å². The molecule has 1 unspecified atom stereocenters. The number of rotatable bonds is 0. The van der Waals surface area contributed by atoms with Crippen molar-refractivity contribution in [3.05, 3.63) is 34.7 Å². The van der Waals surface area contributed by atoms with Crippen LogP contribution in [0.5, 0.6) is 0 Å². The van der Waals surface area contributed by atoms with Crippen LogP contribution in [-0.4, -0.2) is 14.7 Å². The Hall–Kier alpha value is -1.58. The normalized spacial score (nSPS) is 23.5. The highest BCUT2D eigenvalue weighted by Gasteiger charge is 2.21. The third-order valence-corrected chi connectivity index (χ3v) is 2.59. The van der Waals surface area contributed by atoms with E-state index in [4.69, 9.17) is 5.11 Å². The van der Waals surface area contributed by atoms with Crippen molar-refractivity contribution < 1.29 is 5.11 Å². The number of aliphatic hydroxyl groups is 1. The van der Waals surface area contributed by atoms with E-state index in [-0.39, 0.29) is 11.6 Å². The number of hydrogen-bond acceptors (Lipinski definition) is 3. The third-order valence-electron chi connectivity index (χ3n) is 2.59. The molecule has 2 rings (SSSR count). The molecule has 0 aromatic carbocycles. The fourth-order valence-corrected chi connectivity index (χ4v) is 1.81. The molecular formula is C10H12N2O2. The second kappa shape index (κ2) is 3.29. The smallest absolute Gasteiger partial charge is 0.253 e. The SMILES string of the molecule is CC1CC/C(=C\O)c2nccc(=O)n21. The van der Waals surface area contributed by atoms with E-state index in [0.717, 1.165) is 24.7 Å². The van der Waals surface area contributed by atoms with Crippen LogP contribution in [-0.2, 0) is 0 Å². The van der Waals surface area contributed by atoms with E-state index >= 15 is 0 Å². The average molecular weight is 192 g/mol. The minimum absolute atomic E-state index is 0.0541. The molecule has 4 nitrogen and oxygen atoms in total. The Balaban J connectivity index is 2.68. The predicted molar refractivity (Wildman–Crippen MR) is 53.0 cm³/mol. The molecule has 1 aliphatic rings. The van der Waals surface area contributed by atoms with E-state index in [1.165, 1.54) is 12.3 Å². The van der Waals surface area contributed by atoms with Gasteiger partial charge in [-0.15, -0.1) is 0 Å². The van der Waals surface area contributed by atoms with Gasteiger partial charge in [0.1, 0.15) is 5.82 Å². The summed E-state index contributed by atoms with van der Waals surface area (Å²) in [7, 11) is 0. The van der Waals surface area contributed by atoms with Crippen molar-refractivity contribution in [1.29, 1.82) is 0 Å². The van der Waals surface area contributed by atoms with Crippen LogP contribution in [0.25, 0.3) is 5.57 Å². The van der Waals surface area contributed by atoms with Crippen LogP contribution < -0.4 is 5.56 Å². The Morgan fingerprint density at radius 3 is 3.21 bits per heavy atom. The molecule has 0 radical (unpaired) electrons. The second-order valence-electron chi connectivity index (χ2n) is 3.52. The van der Waals surface area contributed by atoms with Crippen LogP contribution in [0.4, 0.5) is 0 Å². The zero-order chi connectivity index (χ0) is 10.1. The molecule has 1 aliphatic heterocycles. The van der Waals surface area contributed by atoms with Crippen LogP contribution >= 0.6 is 0 Å². The van der Waals surface area contributed by atoms with Gasteiger partial charge in [0.2, 0.25) is 0 Å². The molecule has 1 aromatic rings. The quantitative estimate of drug-likeness (QED) is 0.634. The Morgan fingerprint density at radius 1 is 1.71 bits per heavy atom. The fraction of sp³-hybridized carbons (Fsp3) is 0.400. The van der Waals surface area contributed by atoms with Gasteiger partial charge in [0.05, 0.1) is 6.26 Å². The van der Waals surface area contributed by atoms with E-state index in [2.05, 4.69) is 4.98 Å². The molecule has 74 valence electrons. The van der Waals surface area contributed by atoms with Gasteiger partial charge in [-0.2, -0.15) is 0 Å². The van der Waals surface area contributed by atoms with E-state index in [1.54, 1.807) is 4.57 Å². The van der Waals surface area contributed by atoms with Crippen LogP contribution in [0.2, 0.25) is 0 Å². The summed E-state index contributed by atoms with van der Waals surface area (Å²) in [5.74, 6) is 0.596. The Labute approximate surface area is 81.5 Å². The number of aliphatic hydroxyl groups excluding tert-OH is 1. The number of aromatic nitrogens is 2. The van der Waals surface area contributed by atoms with Gasteiger partial charge in [0.15, 0.2) is 0 Å². The highest BCUT2D eigenvalue weighted by molar-refractivity contribution is 5.59. The first kappa shape index (κ1) is 8.99. The van der Waals surface area contributed by atoms with Gasteiger partial charge in [0.25, 0.3) is 5.56 Å². The lowest BCUT2D eigenvalue weighted by Crippen LogP contribution is -2.29. The monoisotopic (exact) mass is 192 g/mol. The summed E-state index contributed by atoms with van der Waals surface area (Å²) < 4.78 is 1.63. The average Bonchev–Trinajstić information content (AvgIpc) is 2.18. The van der Waals surface area contributed by atoms with Crippen LogP contribution in [0.1, 0.15) is 31.6 Å². The molecule has 1 atom stereocenters. The van der Waals surface area contributed by atoms with Crippen molar-refractivity contribution in [2.24, 2.45) is 0 Å². The van der Waals surface area contributed by atoms with Gasteiger partial charge < -0.3 is 5.11 Å². The van der Waals surface area contributed by atoms with Crippen molar-refractivity contribution in [1.82, 2.24) is 9.55 Å². The summed E-state index contributed by atoms with van der Waals surface area (Å²) in [6, 6.07) is 1.61. The first-order valence-electron chi connectivity index (χ1n) is 4.65. The van der Waals surface area contributed by atoms with E-state index in [9.17, 15) is 4.79 Å². The van der Waals surface area contributed by atoms with E-state index in [0.29, 0.717) is 5.82 Å². The lowest BCUT2D eigenvalue weighted by Gasteiger charge is -2.24. The first-order valence-corrected chi connectivity index (χ1v) is 4.65. The molecule has 0 saturated heterocycles. The molecule has 0 bridgehead atoms. The van der Waals surface area contributed by atoms with Crippen LogP contribution in [0.3, 0.4) is 0 Å². The molecule has 0 spiro atoms. The molecule has 0 aliphatic carbocycles. The standard InChI is InChI=1S/C10H12N2O2/c1-7-2-3-8(6-13)10-11-5-4-9(14)12(7)10/h4-7,13H,2-3H2,1H3/b8-6+. The van der Waals surface area contributed by atoms with Crippen molar-refractivity contribution >= 4 is 5.57 Å². The maximum atomic E-state index is 11.5. The summed E-state index contributed by atoms with van der Waals surface area (Å²) in [5, 5.41) is 9.00. The number of hydrogen-bond donors (Lipinski definition) is 1. The maximum Gasteiger partial charge on any atom is 0.253 e. The topological polar surface area (TPSA) is 55.1 Å². The molecule has 0 saturated carbocycles. The minimum atomic E-state index is -0.0541. The van der Waals surface area contributed by atoms with Crippen LogP contribution in [0.15, 0.2) is 23.3 Å². The Morgan fingerprint density at radius 2 is 2.50 bits per heavy atom.